The molecule has 0 aromatic heterocycles. The summed E-state index contributed by atoms with van der Waals surface area (Å²) in [4.78, 5) is 0. The van der Waals surface area contributed by atoms with Gasteiger partial charge in [0.25, 0.3) is 0 Å². The lowest BCUT2D eigenvalue weighted by molar-refractivity contribution is 0.294. The first-order chi connectivity index (χ1) is 6.72. The molecule has 14 heavy (non-hydrogen) atoms. The third-order valence-corrected chi connectivity index (χ3v) is 2.94. The van der Waals surface area contributed by atoms with Crippen LogP contribution in [0.5, 0.6) is 0 Å². The number of rotatable bonds is 1. The molecule has 0 aliphatic carbocycles. The Labute approximate surface area is 85.7 Å². The van der Waals surface area contributed by atoms with Crippen LogP contribution in [-0.4, -0.2) is 19.6 Å². The van der Waals surface area contributed by atoms with Gasteiger partial charge in [-0.3, -0.25) is 0 Å². The van der Waals surface area contributed by atoms with Crippen LogP contribution in [0.3, 0.4) is 0 Å². The van der Waals surface area contributed by atoms with Crippen molar-refractivity contribution in [3.8, 4) is 0 Å². The Balaban J connectivity index is 2.32. The second-order valence-electron chi connectivity index (χ2n) is 4.15. The topological polar surface area (TPSA) is 26.1 Å². The first-order valence-corrected chi connectivity index (χ1v) is 5.18. The van der Waals surface area contributed by atoms with Crippen molar-refractivity contribution in [1.29, 1.82) is 0 Å². The molecular weight excluding hydrogens is 172 g/mol. The lowest BCUT2D eigenvalue weighted by Crippen LogP contribution is -2.51. The standard InChI is InChI=1S/C12H17N2/c1-10-5-3-4-6-11(10)12(2)9-13-7-8-14-12/h3-6,13H,7-9H2,1-2H3. The van der Waals surface area contributed by atoms with Crippen molar-refractivity contribution < 1.29 is 0 Å². The summed E-state index contributed by atoms with van der Waals surface area (Å²) < 4.78 is 0. The monoisotopic (exact) mass is 189 g/mol. The molecule has 1 aromatic rings. The molecule has 1 unspecified atom stereocenters. The van der Waals surface area contributed by atoms with E-state index in [0.717, 1.165) is 19.6 Å². The molecule has 1 N–H and O–H groups in total. The largest absolute Gasteiger partial charge is 0.313 e. The van der Waals surface area contributed by atoms with E-state index in [1.54, 1.807) is 0 Å². The van der Waals surface area contributed by atoms with E-state index in [1.165, 1.54) is 11.1 Å². The van der Waals surface area contributed by atoms with Crippen molar-refractivity contribution in [3.63, 3.8) is 0 Å². The smallest absolute Gasteiger partial charge is 0.0704 e. The molecular formula is C12H17N2. The molecule has 1 atom stereocenters. The van der Waals surface area contributed by atoms with Crippen molar-refractivity contribution in [2.45, 2.75) is 19.4 Å². The van der Waals surface area contributed by atoms with E-state index in [4.69, 9.17) is 5.32 Å². The van der Waals surface area contributed by atoms with Gasteiger partial charge in [0.2, 0.25) is 0 Å². The Hall–Kier alpha value is -0.860. The number of hydrogen-bond donors (Lipinski definition) is 1. The molecule has 1 radical (unpaired) electrons. The second kappa shape index (κ2) is 3.71. The predicted molar refractivity (Wildman–Crippen MR) is 58.4 cm³/mol. The van der Waals surface area contributed by atoms with E-state index < -0.39 is 0 Å². The first kappa shape index (κ1) is 9.69. The SMILES string of the molecule is Cc1ccccc1C1(C)CNCC[N]1. The summed E-state index contributed by atoms with van der Waals surface area (Å²) in [7, 11) is 0. The van der Waals surface area contributed by atoms with E-state index in [-0.39, 0.29) is 5.54 Å². The van der Waals surface area contributed by atoms with Crippen molar-refractivity contribution in [1.82, 2.24) is 10.6 Å². The van der Waals surface area contributed by atoms with Gasteiger partial charge >= 0.3 is 0 Å². The fraction of sp³-hybridized carbons (Fsp3) is 0.500. The summed E-state index contributed by atoms with van der Waals surface area (Å²) in [6, 6.07) is 8.52. The summed E-state index contributed by atoms with van der Waals surface area (Å²) in [5.41, 5.74) is 2.67. The van der Waals surface area contributed by atoms with Gasteiger partial charge in [-0.05, 0) is 25.0 Å². The highest BCUT2D eigenvalue weighted by Gasteiger charge is 2.30. The quantitative estimate of drug-likeness (QED) is 0.710. The summed E-state index contributed by atoms with van der Waals surface area (Å²) in [6.07, 6.45) is 0. The highest BCUT2D eigenvalue weighted by molar-refractivity contribution is 5.32. The minimum atomic E-state index is -0.0242. The number of benzene rings is 1. The van der Waals surface area contributed by atoms with Crippen molar-refractivity contribution in [3.05, 3.63) is 35.4 Å². The van der Waals surface area contributed by atoms with Crippen LogP contribution in [0.2, 0.25) is 0 Å². The van der Waals surface area contributed by atoms with Crippen LogP contribution in [0.4, 0.5) is 0 Å². The number of nitrogens with zero attached hydrogens (tertiary/aromatic N) is 1. The summed E-state index contributed by atoms with van der Waals surface area (Å²) in [5, 5.41) is 8.14. The highest BCUT2D eigenvalue weighted by Crippen LogP contribution is 2.25. The van der Waals surface area contributed by atoms with Crippen LogP contribution < -0.4 is 10.6 Å². The van der Waals surface area contributed by atoms with Gasteiger partial charge in [-0.2, -0.15) is 0 Å². The number of nitrogens with one attached hydrogen (secondary N) is 1. The molecule has 0 saturated carbocycles. The maximum atomic E-state index is 4.73. The van der Waals surface area contributed by atoms with Crippen LogP contribution in [0, 0.1) is 6.92 Å². The van der Waals surface area contributed by atoms with Crippen molar-refractivity contribution >= 4 is 0 Å². The van der Waals surface area contributed by atoms with Crippen LogP contribution in [-0.2, 0) is 5.54 Å². The van der Waals surface area contributed by atoms with Gasteiger partial charge in [0, 0.05) is 19.6 Å². The van der Waals surface area contributed by atoms with E-state index in [9.17, 15) is 0 Å². The Morgan fingerprint density at radius 3 is 2.79 bits per heavy atom. The Kier molecular flexibility index (Phi) is 2.57. The van der Waals surface area contributed by atoms with Gasteiger partial charge in [0.05, 0.1) is 5.54 Å². The van der Waals surface area contributed by atoms with Gasteiger partial charge in [-0.15, -0.1) is 0 Å². The normalized spacial score (nSPS) is 27.6. The molecule has 1 fully saturated rings. The highest BCUT2D eigenvalue weighted by atomic mass is 15.1. The minimum absolute atomic E-state index is 0.0242. The zero-order chi connectivity index (χ0) is 10.0. The van der Waals surface area contributed by atoms with Crippen molar-refractivity contribution in [2.24, 2.45) is 0 Å². The predicted octanol–water partition coefficient (Wildman–Crippen LogP) is 1.42. The van der Waals surface area contributed by atoms with Crippen LogP contribution in [0.25, 0.3) is 0 Å². The molecule has 1 aromatic carbocycles. The third kappa shape index (κ3) is 1.68. The Bertz CT molecular complexity index is 314. The summed E-state index contributed by atoms with van der Waals surface area (Å²) >= 11 is 0. The van der Waals surface area contributed by atoms with E-state index in [2.05, 4.69) is 43.4 Å². The summed E-state index contributed by atoms with van der Waals surface area (Å²) in [5.74, 6) is 0. The zero-order valence-electron chi connectivity index (χ0n) is 8.88. The average molecular weight is 189 g/mol. The molecule has 2 heteroatoms. The first-order valence-electron chi connectivity index (χ1n) is 5.18. The molecule has 75 valence electrons. The van der Waals surface area contributed by atoms with Crippen LogP contribution in [0.15, 0.2) is 24.3 Å². The minimum Gasteiger partial charge on any atom is -0.313 e. The Morgan fingerprint density at radius 1 is 1.36 bits per heavy atom. The molecule has 0 spiro atoms. The molecule has 1 aliphatic heterocycles. The van der Waals surface area contributed by atoms with E-state index in [0.29, 0.717) is 0 Å². The molecule has 2 nitrogen and oxygen atoms in total. The van der Waals surface area contributed by atoms with E-state index >= 15 is 0 Å². The Morgan fingerprint density at radius 2 is 2.14 bits per heavy atom. The summed E-state index contributed by atoms with van der Waals surface area (Å²) in [6.45, 7) is 7.26. The fourth-order valence-electron chi connectivity index (χ4n) is 2.13. The number of hydrogen-bond acceptors (Lipinski definition) is 1. The molecule has 0 bridgehead atoms. The molecule has 1 saturated heterocycles. The number of piperazine rings is 1. The maximum absolute atomic E-state index is 4.73. The third-order valence-electron chi connectivity index (χ3n) is 2.94. The fourth-order valence-corrected chi connectivity index (χ4v) is 2.13. The molecule has 2 rings (SSSR count). The lowest BCUT2D eigenvalue weighted by Gasteiger charge is -2.35. The van der Waals surface area contributed by atoms with Gasteiger partial charge in [-0.1, -0.05) is 24.3 Å². The maximum Gasteiger partial charge on any atom is 0.0704 e. The number of aryl methyl sites for hydroxylation is 1. The van der Waals surface area contributed by atoms with Gasteiger partial charge in [0.1, 0.15) is 0 Å². The zero-order valence-corrected chi connectivity index (χ0v) is 8.88. The van der Waals surface area contributed by atoms with Crippen LogP contribution >= 0.6 is 0 Å². The van der Waals surface area contributed by atoms with E-state index in [1.807, 2.05) is 0 Å². The van der Waals surface area contributed by atoms with Gasteiger partial charge in [0.15, 0.2) is 0 Å². The second-order valence-corrected chi connectivity index (χ2v) is 4.15. The molecule has 1 aliphatic rings. The average Bonchev–Trinajstić information content (AvgIpc) is 2.19. The van der Waals surface area contributed by atoms with Crippen LogP contribution in [0.1, 0.15) is 18.1 Å². The lowest BCUT2D eigenvalue weighted by atomic mass is 9.87. The molecule has 0 amide bonds. The van der Waals surface area contributed by atoms with Gasteiger partial charge < -0.3 is 5.32 Å². The van der Waals surface area contributed by atoms with Gasteiger partial charge in [-0.25, -0.2) is 5.32 Å². The van der Waals surface area contributed by atoms with Crippen molar-refractivity contribution in [2.75, 3.05) is 19.6 Å². The molecule has 1 heterocycles.